The number of aliphatic hydroxyl groups is 1. The summed E-state index contributed by atoms with van der Waals surface area (Å²) < 4.78 is 1.07. The molecule has 3 atom stereocenters. The summed E-state index contributed by atoms with van der Waals surface area (Å²) in [7, 11) is 0. The minimum atomic E-state index is -0.345. The van der Waals surface area contributed by atoms with Crippen LogP contribution in [0.5, 0.6) is 0 Å². The molecule has 1 N–H and O–H groups in total. The second-order valence-electron chi connectivity index (χ2n) is 6.90. The van der Waals surface area contributed by atoms with Gasteiger partial charge in [-0.1, -0.05) is 0 Å². The molecule has 0 saturated carbocycles. The average molecular weight is 341 g/mol. The number of piperidine rings is 2. The van der Waals surface area contributed by atoms with Gasteiger partial charge in [-0.15, -0.1) is 0 Å². The van der Waals surface area contributed by atoms with Gasteiger partial charge in [0.25, 0.3) is 5.69 Å². The zero-order valence-electron chi connectivity index (χ0n) is 13.4. The Balaban J connectivity index is 0.00000192. The van der Waals surface area contributed by atoms with Gasteiger partial charge in [0.1, 0.15) is 6.54 Å². The third-order valence-electron chi connectivity index (χ3n) is 5.66. The van der Waals surface area contributed by atoms with Crippen molar-refractivity contribution in [3.63, 3.8) is 0 Å². The summed E-state index contributed by atoms with van der Waals surface area (Å²) in [5.74, 6) is 0.423. The van der Waals surface area contributed by atoms with E-state index in [1.54, 1.807) is 12.1 Å². The van der Waals surface area contributed by atoms with Crippen molar-refractivity contribution in [1.82, 2.24) is 0 Å². The lowest BCUT2D eigenvalue weighted by Crippen LogP contribution is -3.00. The summed E-state index contributed by atoms with van der Waals surface area (Å²) in [5.41, 5.74) is 1.34. The summed E-state index contributed by atoms with van der Waals surface area (Å²) >= 11 is 0. The van der Waals surface area contributed by atoms with Crippen LogP contribution in [0.1, 0.15) is 37.7 Å². The summed E-state index contributed by atoms with van der Waals surface area (Å²) in [6.45, 7) is 3.60. The van der Waals surface area contributed by atoms with Crippen molar-refractivity contribution in [2.24, 2.45) is 5.92 Å². The molecule has 0 radical (unpaired) electrons. The molecule has 128 valence electrons. The van der Waals surface area contributed by atoms with Crippen LogP contribution in [0.15, 0.2) is 24.3 Å². The summed E-state index contributed by atoms with van der Waals surface area (Å²) in [6.07, 6.45) is 6.04. The highest BCUT2D eigenvalue weighted by atomic mass is 35.5. The number of nitro groups is 1. The second-order valence-corrected chi connectivity index (χ2v) is 6.90. The van der Waals surface area contributed by atoms with E-state index in [4.69, 9.17) is 0 Å². The minimum Gasteiger partial charge on any atom is -1.00 e. The fraction of sp³-hybridized carbons (Fsp3) is 0.647. The van der Waals surface area contributed by atoms with Crippen molar-refractivity contribution < 1.29 is 26.9 Å². The van der Waals surface area contributed by atoms with Crippen LogP contribution in [0.4, 0.5) is 5.69 Å². The molecular formula is C17H25ClN2O3. The molecule has 1 aromatic rings. The highest BCUT2D eigenvalue weighted by Crippen LogP contribution is 2.39. The van der Waals surface area contributed by atoms with E-state index in [9.17, 15) is 15.2 Å². The van der Waals surface area contributed by atoms with Gasteiger partial charge in [0.15, 0.2) is 0 Å². The van der Waals surface area contributed by atoms with Crippen LogP contribution in [0.3, 0.4) is 0 Å². The van der Waals surface area contributed by atoms with Gasteiger partial charge in [-0.2, -0.15) is 0 Å². The van der Waals surface area contributed by atoms with Crippen molar-refractivity contribution in [3.05, 3.63) is 39.9 Å². The zero-order chi connectivity index (χ0) is 15.6. The smallest absolute Gasteiger partial charge is 0.269 e. The van der Waals surface area contributed by atoms with Gasteiger partial charge in [-0.3, -0.25) is 10.1 Å². The molecule has 0 spiro atoms. The SMILES string of the molecule is O=[N+]([O-])c1ccc(C[N+]23CCCC[C@@H]2[C@H](CO)CCC3)cc1.[Cl-]. The van der Waals surface area contributed by atoms with Crippen molar-refractivity contribution in [2.75, 3.05) is 19.7 Å². The minimum absolute atomic E-state index is 0. The number of hydrogen-bond donors (Lipinski definition) is 1. The van der Waals surface area contributed by atoms with Crippen molar-refractivity contribution in [2.45, 2.75) is 44.7 Å². The first-order valence-corrected chi connectivity index (χ1v) is 8.34. The first-order chi connectivity index (χ1) is 10.6. The van der Waals surface area contributed by atoms with Crippen LogP contribution in [0.2, 0.25) is 0 Å². The number of quaternary nitrogens is 1. The van der Waals surface area contributed by atoms with Crippen LogP contribution in [0.25, 0.3) is 0 Å². The van der Waals surface area contributed by atoms with E-state index in [1.165, 1.54) is 44.3 Å². The Morgan fingerprint density at radius 1 is 1.13 bits per heavy atom. The lowest BCUT2D eigenvalue weighted by Gasteiger charge is -2.53. The van der Waals surface area contributed by atoms with Gasteiger partial charge in [0.05, 0.1) is 30.7 Å². The Kier molecular flexibility index (Phi) is 6.00. The van der Waals surface area contributed by atoms with E-state index in [0.29, 0.717) is 18.6 Å². The normalized spacial score (nSPS) is 30.1. The van der Waals surface area contributed by atoms with Crippen LogP contribution in [-0.4, -0.2) is 40.3 Å². The number of hydrogen-bond acceptors (Lipinski definition) is 3. The molecule has 0 amide bonds. The Labute approximate surface area is 143 Å². The molecule has 2 aliphatic rings. The first kappa shape index (κ1) is 18.2. The molecule has 1 aromatic carbocycles. The maximum absolute atomic E-state index is 10.8. The van der Waals surface area contributed by atoms with Gasteiger partial charge in [0.2, 0.25) is 0 Å². The monoisotopic (exact) mass is 340 g/mol. The quantitative estimate of drug-likeness (QED) is 0.472. The zero-order valence-corrected chi connectivity index (χ0v) is 14.1. The average Bonchev–Trinajstić information content (AvgIpc) is 2.54. The van der Waals surface area contributed by atoms with E-state index in [-0.39, 0.29) is 23.0 Å². The van der Waals surface area contributed by atoms with Crippen LogP contribution in [0, 0.1) is 16.0 Å². The number of aliphatic hydroxyl groups excluding tert-OH is 1. The highest BCUT2D eigenvalue weighted by Gasteiger charge is 2.46. The van der Waals surface area contributed by atoms with E-state index < -0.39 is 0 Å². The number of non-ortho nitro benzene ring substituents is 1. The molecular weight excluding hydrogens is 316 g/mol. The highest BCUT2D eigenvalue weighted by molar-refractivity contribution is 5.32. The van der Waals surface area contributed by atoms with Crippen LogP contribution >= 0.6 is 0 Å². The molecule has 1 unspecified atom stereocenters. The fourth-order valence-corrected chi connectivity index (χ4v) is 4.62. The summed E-state index contributed by atoms with van der Waals surface area (Å²) in [6, 6.07) is 7.58. The van der Waals surface area contributed by atoms with Gasteiger partial charge in [-0.25, -0.2) is 0 Å². The molecule has 2 aliphatic heterocycles. The lowest BCUT2D eigenvalue weighted by atomic mass is 9.81. The Morgan fingerprint density at radius 2 is 1.83 bits per heavy atom. The van der Waals surface area contributed by atoms with E-state index in [1.807, 2.05) is 12.1 Å². The number of fused-ring (bicyclic) bond motifs is 1. The van der Waals surface area contributed by atoms with E-state index in [0.717, 1.165) is 17.4 Å². The lowest BCUT2D eigenvalue weighted by molar-refractivity contribution is -0.976. The molecule has 0 aromatic heterocycles. The predicted octanol–water partition coefficient (Wildman–Crippen LogP) is -0.130. The molecule has 6 heteroatoms. The number of rotatable bonds is 4. The van der Waals surface area contributed by atoms with Gasteiger partial charge in [0, 0.05) is 30.0 Å². The van der Waals surface area contributed by atoms with Gasteiger partial charge >= 0.3 is 0 Å². The number of nitro benzene ring substituents is 1. The van der Waals surface area contributed by atoms with Crippen molar-refractivity contribution in [1.29, 1.82) is 0 Å². The third kappa shape index (κ3) is 3.67. The topological polar surface area (TPSA) is 63.4 Å². The molecule has 3 rings (SSSR count). The van der Waals surface area contributed by atoms with Gasteiger partial charge in [-0.05, 0) is 37.8 Å². The molecule has 2 heterocycles. The Morgan fingerprint density at radius 3 is 2.48 bits per heavy atom. The van der Waals surface area contributed by atoms with Crippen LogP contribution in [-0.2, 0) is 6.54 Å². The number of nitrogens with zero attached hydrogens (tertiary/aromatic N) is 2. The first-order valence-electron chi connectivity index (χ1n) is 8.34. The van der Waals surface area contributed by atoms with Crippen molar-refractivity contribution >= 4 is 5.69 Å². The Bertz CT molecular complexity index is 533. The molecule has 23 heavy (non-hydrogen) atoms. The predicted molar refractivity (Wildman–Crippen MR) is 84.2 cm³/mol. The molecule has 2 fully saturated rings. The largest absolute Gasteiger partial charge is 1.00 e. The standard InChI is InChI=1S/C17H25N2O3.ClH/c20-13-15-4-3-11-19(10-2-1-5-17(15)19)12-14-6-8-16(9-7-14)18(21)22;/h6-9,15,17,20H,1-5,10-13H2;1H/q+1;/p-1/t15-,17+,19?;/m0./s1. The Hall–Kier alpha value is -1.17. The van der Waals surface area contributed by atoms with E-state index in [2.05, 4.69) is 0 Å². The van der Waals surface area contributed by atoms with E-state index >= 15 is 0 Å². The van der Waals surface area contributed by atoms with Gasteiger partial charge < -0.3 is 22.0 Å². The third-order valence-corrected chi connectivity index (χ3v) is 5.66. The number of benzene rings is 1. The summed E-state index contributed by atoms with van der Waals surface area (Å²) in [4.78, 5) is 10.4. The molecule has 0 aliphatic carbocycles. The van der Waals surface area contributed by atoms with Crippen molar-refractivity contribution in [3.8, 4) is 0 Å². The molecule has 5 nitrogen and oxygen atoms in total. The fourth-order valence-electron chi connectivity index (χ4n) is 4.62. The maximum atomic E-state index is 10.8. The number of halogens is 1. The summed E-state index contributed by atoms with van der Waals surface area (Å²) in [5, 5.41) is 20.5. The maximum Gasteiger partial charge on any atom is 0.269 e. The van der Waals surface area contributed by atoms with Crippen LogP contribution < -0.4 is 12.4 Å². The second kappa shape index (κ2) is 7.60. The molecule has 2 saturated heterocycles. The molecule has 0 bridgehead atoms.